The van der Waals surface area contributed by atoms with Crippen molar-refractivity contribution in [2.75, 3.05) is 11.1 Å². The number of benzene rings is 2. The van der Waals surface area contributed by atoms with Crippen LogP contribution in [0.3, 0.4) is 0 Å². The highest BCUT2D eigenvalue weighted by Crippen LogP contribution is 2.34. The summed E-state index contributed by atoms with van der Waals surface area (Å²) in [7, 11) is 0. The topological polar surface area (TPSA) is 81.8 Å². The van der Waals surface area contributed by atoms with Gasteiger partial charge in [-0.05, 0) is 51.0 Å². The van der Waals surface area contributed by atoms with Crippen molar-refractivity contribution in [3.63, 3.8) is 0 Å². The monoisotopic (exact) mass is 459 g/mol. The van der Waals surface area contributed by atoms with Crippen molar-refractivity contribution in [1.82, 2.24) is 19.3 Å². The zero-order valence-electron chi connectivity index (χ0n) is 19.0. The van der Waals surface area contributed by atoms with Crippen LogP contribution in [0.15, 0.2) is 52.5 Å². The van der Waals surface area contributed by atoms with Crippen molar-refractivity contribution < 1.29 is 4.79 Å². The van der Waals surface area contributed by atoms with E-state index < -0.39 is 0 Å². The summed E-state index contributed by atoms with van der Waals surface area (Å²) < 4.78 is 3.35. The van der Waals surface area contributed by atoms with Gasteiger partial charge >= 0.3 is 0 Å². The van der Waals surface area contributed by atoms with Crippen molar-refractivity contribution in [2.24, 2.45) is 0 Å². The highest BCUT2D eigenvalue weighted by atomic mass is 32.2. The van der Waals surface area contributed by atoms with E-state index in [1.54, 1.807) is 15.4 Å². The smallest absolute Gasteiger partial charge is 0.265 e. The maximum atomic E-state index is 13.3. The lowest BCUT2D eigenvalue weighted by Gasteiger charge is -2.16. The molecular formula is C25H25N5O2S. The molecule has 1 amide bonds. The van der Waals surface area contributed by atoms with E-state index in [0.29, 0.717) is 21.9 Å². The van der Waals surface area contributed by atoms with Crippen LogP contribution in [-0.4, -0.2) is 31.0 Å². The Morgan fingerprint density at radius 2 is 1.79 bits per heavy atom. The molecule has 5 rings (SSSR count). The fraction of sp³-hybridized carbons (Fsp3) is 0.280. The molecule has 0 radical (unpaired) electrons. The van der Waals surface area contributed by atoms with Gasteiger partial charge in [0.25, 0.3) is 5.56 Å². The minimum Gasteiger partial charge on any atom is -0.326 e. The van der Waals surface area contributed by atoms with E-state index in [1.165, 1.54) is 11.8 Å². The van der Waals surface area contributed by atoms with Crippen LogP contribution < -0.4 is 10.9 Å². The maximum Gasteiger partial charge on any atom is 0.265 e. The van der Waals surface area contributed by atoms with Gasteiger partial charge in [-0.15, -0.1) is 0 Å². The van der Waals surface area contributed by atoms with Gasteiger partial charge in [0.2, 0.25) is 5.91 Å². The molecule has 7 nitrogen and oxygen atoms in total. The third-order valence-corrected chi connectivity index (χ3v) is 7.11. The Hall–Kier alpha value is -3.39. The molecule has 1 aliphatic heterocycles. The minimum absolute atomic E-state index is 0.106. The number of hydrogen-bond donors (Lipinski definition) is 1. The Labute approximate surface area is 195 Å². The van der Waals surface area contributed by atoms with Gasteiger partial charge in [-0.25, -0.2) is 9.67 Å². The first-order chi connectivity index (χ1) is 15.8. The standard InChI is InChI=1S/C25H25N5O2S/c1-14-5-7-18(8-6-14)30-23-20(12-26-30)24(32)29-19(13-33-25(29)28-23)11-21(31)27-22-16(3)9-15(2)10-17(22)4/h5-10,12,19H,11,13H2,1-4H3,(H,27,31). The number of fused-ring (bicyclic) bond motifs is 2. The highest BCUT2D eigenvalue weighted by Gasteiger charge is 2.29. The molecule has 0 spiro atoms. The first kappa shape index (κ1) is 21.5. The molecule has 0 saturated carbocycles. The SMILES string of the molecule is Cc1ccc(-n2ncc3c(=O)n4c(nc32)SCC4CC(=O)Nc2c(C)cc(C)cc2C)cc1. The van der Waals surface area contributed by atoms with Gasteiger partial charge in [-0.1, -0.05) is 47.2 Å². The number of carbonyl (C=O) groups is 1. The van der Waals surface area contributed by atoms with Crippen LogP contribution in [0.1, 0.15) is 34.7 Å². The van der Waals surface area contributed by atoms with Gasteiger partial charge in [0.1, 0.15) is 5.39 Å². The van der Waals surface area contributed by atoms with Crippen LogP contribution >= 0.6 is 11.8 Å². The molecule has 0 saturated heterocycles. The third kappa shape index (κ3) is 3.84. The summed E-state index contributed by atoms with van der Waals surface area (Å²) in [6, 6.07) is 11.8. The number of carbonyl (C=O) groups excluding carboxylic acids is 1. The van der Waals surface area contributed by atoms with Gasteiger partial charge in [0.05, 0.1) is 17.9 Å². The highest BCUT2D eigenvalue weighted by molar-refractivity contribution is 7.99. The van der Waals surface area contributed by atoms with Gasteiger partial charge in [-0.3, -0.25) is 14.2 Å². The molecule has 0 bridgehead atoms. The van der Waals surface area contributed by atoms with E-state index in [4.69, 9.17) is 4.98 Å². The predicted molar refractivity (Wildman–Crippen MR) is 132 cm³/mol. The lowest BCUT2D eigenvalue weighted by atomic mass is 10.0. The van der Waals surface area contributed by atoms with Gasteiger partial charge < -0.3 is 5.32 Å². The normalized spacial score (nSPS) is 15.1. The minimum atomic E-state index is -0.247. The first-order valence-corrected chi connectivity index (χ1v) is 11.9. The predicted octanol–water partition coefficient (Wildman–Crippen LogP) is 4.49. The Morgan fingerprint density at radius 1 is 1.09 bits per heavy atom. The van der Waals surface area contributed by atoms with Crippen molar-refractivity contribution in [3.8, 4) is 5.69 Å². The van der Waals surface area contributed by atoms with Crippen LogP contribution in [0.2, 0.25) is 0 Å². The molecular weight excluding hydrogens is 434 g/mol. The molecule has 3 heterocycles. The van der Waals surface area contributed by atoms with Crippen molar-refractivity contribution in [3.05, 3.63) is 75.2 Å². The average Bonchev–Trinajstić information content (AvgIpc) is 3.36. The number of hydrogen-bond acceptors (Lipinski definition) is 5. The summed E-state index contributed by atoms with van der Waals surface area (Å²) in [6.45, 7) is 8.05. The molecule has 1 unspecified atom stereocenters. The Balaban J connectivity index is 1.44. The number of amides is 1. The number of aromatic nitrogens is 4. The van der Waals surface area contributed by atoms with Crippen LogP contribution in [0, 0.1) is 27.7 Å². The van der Waals surface area contributed by atoms with Crippen molar-refractivity contribution in [2.45, 2.75) is 45.3 Å². The molecule has 0 aliphatic carbocycles. The second-order valence-electron chi connectivity index (χ2n) is 8.69. The summed E-state index contributed by atoms with van der Waals surface area (Å²) in [5, 5.41) is 8.55. The zero-order chi connectivity index (χ0) is 23.3. The third-order valence-electron chi connectivity index (χ3n) is 6.01. The summed E-state index contributed by atoms with van der Waals surface area (Å²) in [5.41, 5.74) is 6.47. The molecule has 4 aromatic rings. The average molecular weight is 460 g/mol. The molecule has 1 atom stereocenters. The number of thioether (sulfide) groups is 1. The van der Waals surface area contributed by atoms with E-state index in [-0.39, 0.29) is 23.9 Å². The number of anilines is 1. The summed E-state index contributed by atoms with van der Waals surface area (Å²) in [4.78, 5) is 31.0. The van der Waals surface area contributed by atoms with Crippen LogP contribution in [-0.2, 0) is 4.79 Å². The Kier molecular flexibility index (Phi) is 5.32. The fourth-order valence-corrected chi connectivity index (χ4v) is 5.57. The summed E-state index contributed by atoms with van der Waals surface area (Å²) in [5.74, 6) is 0.525. The number of nitrogens with zero attached hydrogens (tertiary/aromatic N) is 4. The number of aryl methyl sites for hydroxylation is 4. The maximum absolute atomic E-state index is 13.3. The lowest BCUT2D eigenvalue weighted by molar-refractivity contribution is -0.116. The Morgan fingerprint density at radius 3 is 2.48 bits per heavy atom. The fourth-order valence-electron chi connectivity index (χ4n) is 4.44. The summed E-state index contributed by atoms with van der Waals surface area (Å²) >= 11 is 1.50. The largest absolute Gasteiger partial charge is 0.326 e. The van der Waals surface area contributed by atoms with Crippen LogP contribution in [0.5, 0.6) is 0 Å². The first-order valence-electron chi connectivity index (χ1n) is 10.9. The van der Waals surface area contributed by atoms with E-state index in [9.17, 15) is 9.59 Å². The second kappa shape index (κ2) is 8.19. The second-order valence-corrected chi connectivity index (χ2v) is 9.68. The quantitative estimate of drug-likeness (QED) is 0.455. The molecule has 33 heavy (non-hydrogen) atoms. The molecule has 2 aromatic heterocycles. The van der Waals surface area contributed by atoms with E-state index in [2.05, 4.69) is 22.5 Å². The molecule has 1 N–H and O–H groups in total. The van der Waals surface area contributed by atoms with Gasteiger partial charge in [-0.2, -0.15) is 5.10 Å². The van der Waals surface area contributed by atoms with Crippen LogP contribution in [0.25, 0.3) is 16.7 Å². The Bertz CT molecular complexity index is 1430. The summed E-state index contributed by atoms with van der Waals surface area (Å²) in [6.07, 6.45) is 1.78. The van der Waals surface area contributed by atoms with E-state index in [1.807, 2.05) is 52.0 Å². The molecule has 168 valence electrons. The van der Waals surface area contributed by atoms with E-state index in [0.717, 1.165) is 33.6 Å². The van der Waals surface area contributed by atoms with Crippen molar-refractivity contribution in [1.29, 1.82) is 0 Å². The molecule has 0 fully saturated rings. The lowest BCUT2D eigenvalue weighted by Crippen LogP contribution is -2.28. The number of nitrogens with one attached hydrogen (secondary N) is 1. The molecule has 8 heteroatoms. The van der Waals surface area contributed by atoms with Crippen LogP contribution in [0.4, 0.5) is 5.69 Å². The van der Waals surface area contributed by atoms with Crippen molar-refractivity contribution >= 4 is 34.4 Å². The zero-order valence-corrected chi connectivity index (χ0v) is 19.9. The number of rotatable bonds is 4. The molecule has 2 aromatic carbocycles. The van der Waals surface area contributed by atoms with Gasteiger partial charge in [0.15, 0.2) is 10.8 Å². The van der Waals surface area contributed by atoms with Gasteiger partial charge in [0, 0.05) is 17.9 Å². The molecule has 1 aliphatic rings. The van der Waals surface area contributed by atoms with E-state index >= 15 is 0 Å².